The molecule has 0 aromatic carbocycles. The van der Waals surface area contributed by atoms with Gasteiger partial charge in [0.1, 0.15) is 6.33 Å². The quantitative estimate of drug-likeness (QED) is 0.746. The van der Waals surface area contributed by atoms with Crippen molar-refractivity contribution in [2.75, 3.05) is 13.1 Å². The van der Waals surface area contributed by atoms with Gasteiger partial charge < -0.3 is 15.2 Å². The Morgan fingerprint density at radius 3 is 2.90 bits per heavy atom. The van der Waals surface area contributed by atoms with Gasteiger partial charge >= 0.3 is 0 Å². The van der Waals surface area contributed by atoms with Crippen molar-refractivity contribution in [3.8, 4) is 0 Å². The minimum atomic E-state index is -0.265. The van der Waals surface area contributed by atoms with Crippen LogP contribution in [0.3, 0.4) is 0 Å². The number of carbonyl (C=O) groups excluding carboxylic acids is 1. The topological polar surface area (TPSA) is 103 Å². The monoisotopic (exact) mass is 276 g/mol. The lowest BCUT2D eigenvalue weighted by Crippen LogP contribution is -2.43. The minimum absolute atomic E-state index is 0.245. The lowest BCUT2D eigenvalue weighted by Gasteiger charge is -2.26. The van der Waals surface area contributed by atoms with Crippen LogP contribution >= 0.6 is 0 Å². The summed E-state index contributed by atoms with van der Waals surface area (Å²) in [6.07, 6.45) is 3.27. The Labute approximate surface area is 115 Å². The molecule has 1 fully saturated rings. The molecule has 2 aromatic rings. The van der Waals surface area contributed by atoms with Gasteiger partial charge in [-0.3, -0.25) is 4.79 Å². The zero-order valence-corrected chi connectivity index (χ0v) is 11.3. The van der Waals surface area contributed by atoms with Gasteiger partial charge in [0.25, 0.3) is 5.91 Å². The average molecular weight is 276 g/mol. The summed E-state index contributed by atoms with van der Waals surface area (Å²) in [5.41, 5.74) is 0.311. The molecule has 1 aliphatic rings. The number of amides is 1. The van der Waals surface area contributed by atoms with Crippen LogP contribution in [0.2, 0.25) is 0 Å². The number of aryl methyl sites for hydroxylation is 1. The molecular formula is C11H16N8O. The number of carbonyl (C=O) groups is 1. The third kappa shape index (κ3) is 2.27. The van der Waals surface area contributed by atoms with E-state index in [4.69, 9.17) is 0 Å². The van der Waals surface area contributed by atoms with Gasteiger partial charge in [0, 0.05) is 20.1 Å². The predicted molar refractivity (Wildman–Crippen MR) is 68.8 cm³/mol. The summed E-state index contributed by atoms with van der Waals surface area (Å²) >= 11 is 0. The molecule has 0 radical (unpaired) electrons. The molecule has 2 N–H and O–H groups in total. The van der Waals surface area contributed by atoms with E-state index >= 15 is 0 Å². The Hall–Kier alpha value is -2.29. The van der Waals surface area contributed by atoms with Gasteiger partial charge in [-0.2, -0.15) is 0 Å². The van der Waals surface area contributed by atoms with E-state index in [0.29, 0.717) is 17.6 Å². The second-order valence-corrected chi connectivity index (χ2v) is 4.89. The molecule has 1 unspecified atom stereocenters. The number of nitrogens with one attached hydrogen (secondary N) is 2. The smallest absolute Gasteiger partial charge is 0.274 e. The van der Waals surface area contributed by atoms with Gasteiger partial charge in [-0.25, -0.2) is 4.68 Å². The molecule has 0 bridgehead atoms. The highest BCUT2D eigenvalue weighted by Crippen LogP contribution is 2.11. The summed E-state index contributed by atoms with van der Waals surface area (Å²) in [5, 5.41) is 21.6. The van der Waals surface area contributed by atoms with E-state index in [0.717, 1.165) is 13.1 Å². The Balaban J connectivity index is 1.66. The summed E-state index contributed by atoms with van der Waals surface area (Å²) in [5.74, 6) is 0.424. The summed E-state index contributed by atoms with van der Waals surface area (Å²) in [6.45, 7) is 3.57. The number of rotatable bonds is 4. The first-order chi connectivity index (χ1) is 9.65. The zero-order chi connectivity index (χ0) is 14.1. The summed E-state index contributed by atoms with van der Waals surface area (Å²) in [6, 6.07) is 0.0470. The number of hydrogen-bond acceptors (Lipinski definition) is 6. The van der Waals surface area contributed by atoms with Crippen LogP contribution in [-0.2, 0) is 7.05 Å². The number of nitrogens with zero attached hydrogens (tertiary/aromatic N) is 6. The van der Waals surface area contributed by atoms with Gasteiger partial charge in [-0.15, -0.1) is 15.3 Å². The lowest BCUT2D eigenvalue weighted by atomic mass is 10.2. The molecule has 1 aliphatic heterocycles. The zero-order valence-electron chi connectivity index (χ0n) is 11.3. The maximum absolute atomic E-state index is 12.1. The van der Waals surface area contributed by atoms with E-state index in [-0.39, 0.29) is 11.9 Å². The van der Waals surface area contributed by atoms with E-state index < -0.39 is 0 Å². The van der Waals surface area contributed by atoms with Crippen LogP contribution in [0.1, 0.15) is 35.3 Å². The first-order valence-corrected chi connectivity index (χ1v) is 6.42. The minimum Gasteiger partial charge on any atom is -0.341 e. The van der Waals surface area contributed by atoms with E-state index in [1.165, 1.54) is 0 Å². The Morgan fingerprint density at radius 2 is 2.30 bits per heavy atom. The summed E-state index contributed by atoms with van der Waals surface area (Å²) in [4.78, 5) is 12.1. The highest BCUT2D eigenvalue weighted by Gasteiger charge is 2.22. The standard InChI is InChI=1S/C11H16N8O/c1-7(10-16-13-6-18(10)2)14-11(20)9-5-19(17-15-9)8-3-12-4-8/h5-8,12H,3-4H2,1-2H3,(H,14,20). The second-order valence-electron chi connectivity index (χ2n) is 4.89. The molecule has 1 atom stereocenters. The highest BCUT2D eigenvalue weighted by molar-refractivity contribution is 5.92. The Kier molecular flexibility index (Phi) is 3.18. The fourth-order valence-electron chi connectivity index (χ4n) is 2.04. The number of aromatic nitrogens is 6. The molecule has 1 saturated heterocycles. The molecule has 3 rings (SSSR count). The van der Waals surface area contributed by atoms with Crippen molar-refractivity contribution in [1.29, 1.82) is 0 Å². The number of hydrogen-bond donors (Lipinski definition) is 2. The van der Waals surface area contributed by atoms with Crippen molar-refractivity contribution in [2.45, 2.75) is 19.0 Å². The molecule has 0 saturated carbocycles. The van der Waals surface area contributed by atoms with Crippen LogP contribution in [0, 0.1) is 0 Å². The van der Waals surface area contributed by atoms with Crippen LogP contribution in [-0.4, -0.2) is 48.8 Å². The van der Waals surface area contributed by atoms with Crippen molar-refractivity contribution in [1.82, 2.24) is 40.4 Å². The molecule has 2 aromatic heterocycles. The van der Waals surface area contributed by atoms with E-state index in [2.05, 4.69) is 31.1 Å². The second kappa shape index (κ2) is 5.00. The first kappa shape index (κ1) is 12.7. The Morgan fingerprint density at radius 1 is 1.50 bits per heavy atom. The molecule has 3 heterocycles. The van der Waals surface area contributed by atoms with Gasteiger partial charge in [-0.1, -0.05) is 5.21 Å². The highest BCUT2D eigenvalue weighted by atomic mass is 16.2. The molecule has 1 amide bonds. The molecule has 9 heteroatoms. The average Bonchev–Trinajstić information content (AvgIpc) is 2.96. The van der Waals surface area contributed by atoms with E-state index in [1.807, 2.05) is 14.0 Å². The molecule has 9 nitrogen and oxygen atoms in total. The molecule has 0 aliphatic carbocycles. The van der Waals surface area contributed by atoms with Gasteiger partial charge in [-0.05, 0) is 6.92 Å². The van der Waals surface area contributed by atoms with Crippen molar-refractivity contribution >= 4 is 5.91 Å². The normalized spacial score (nSPS) is 16.7. The Bertz CT molecular complexity index is 613. The third-order valence-corrected chi connectivity index (χ3v) is 3.36. The van der Waals surface area contributed by atoms with Gasteiger partial charge in [0.05, 0.1) is 18.3 Å². The van der Waals surface area contributed by atoms with Crippen LogP contribution in [0.15, 0.2) is 12.5 Å². The van der Waals surface area contributed by atoms with E-state index in [9.17, 15) is 4.79 Å². The molecule has 20 heavy (non-hydrogen) atoms. The summed E-state index contributed by atoms with van der Waals surface area (Å²) < 4.78 is 3.49. The fourth-order valence-corrected chi connectivity index (χ4v) is 2.04. The van der Waals surface area contributed by atoms with Crippen LogP contribution in [0.25, 0.3) is 0 Å². The largest absolute Gasteiger partial charge is 0.341 e. The molecule has 0 spiro atoms. The molecular weight excluding hydrogens is 260 g/mol. The predicted octanol–water partition coefficient (Wildman–Crippen LogP) is -0.958. The van der Waals surface area contributed by atoms with Crippen molar-refractivity contribution < 1.29 is 4.79 Å². The lowest BCUT2D eigenvalue weighted by molar-refractivity contribution is 0.0932. The maximum Gasteiger partial charge on any atom is 0.274 e. The van der Waals surface area contributed by atoms with Crippen molar-refractivity contribution in [3.63, 3.8) is 0 Å². The SMILES string of the molecule is CC(NC(=O)c1cn(C2CNC2)nn1)c1nncn1C. The fraction of sp³-hybridized carbons (Fsp3) is 0.545. The van der Waals surface area contributed by atoms with Crippen molar-refractivity contribution in [2.24, 2.45) is 7.05 Å². The van der Waals surface area contributed by atoms with Gasteiger partial charge in [0.2, 0.25) is 0 Å². The van der Waals surface area contributed by atoms with Gasteiger partial charge in [0.15, 0.2) is 11.5 Å². The molecule has 106 valence electrons. The van der Waals surface area contributed by atoms with Crippen LogP contribution < -0.4 is 10.6 Å². The first-order valence-electron chi connectivity index (χ1n) is 6.42. The van der Waals surface area contributed by atoms with Crippen LogP contribution in [0.4, 0.5) is 0 Å². The third-order valence-electron chi connectivity index (χ3n) is 3.36. The van der Waals surface area contributed by atoms with Crippen LogP contribution in [0.5, 0.6) is 0 Å². The maximum atomic E-state index is 12.1. The summed E-state index contributed by atoms with van der Waals surface area (Å²) in [7, 11) is 1.83. The van der Waals surface area contributed by atoms with E-state index in [1.54, 1.807) is 21.8 Å². The van der Waals surface area contributed by atoms with Crippen molar-refractivity contribution in [3.05, 3.63) is 24.0 Å².